The summed E-state index contributed by atoms with van der Waals surface area (Å²) in [5.41, 5.74) is 1.96. The van der Waals surface area contributed by atoms with Crippen molar-refractivity contribution in [3.8, 4) is 5.75 Å². The lowest BCUT2D eigenvalue weighted by atomic mass is 10.1. The number of fused-ring (bicyclic) bond motifs is 1. The number of rotatable bonds is 2. The van der Waals surface area contributed by atoms with E-state index in [1.54, 1.807) is 11.8 Å². The molecular formula is C16H14INO2. The van der Waals surface area contributed by atoms with Crippen molar-refractivity contribution in [3.63, 3.8) is 0 Å². The van der Waals surface area contributed by atoms with E-state index in [4.69, 9.17) is 4.74 Å². The summed E-state index contributed by atoms with van der Waals surface area (Å²) in [5, 5.41) is 0. The van der Waals surface area contributed by atoms with Gasteiger partial charge in [0.2, 0.25) is 0 Å². The van der Waals surface area contributed by atoms with E-state index in [9.17, 15) is 4.79 Å². The van der Waals surface area contributed by atoms with Gasteiger partial charge in [0, 0.05) is 3.57 Å². The smallest absolute Gasteiger partial charge is 0.268 e. The molecule has 0 aromatic heterocycles. The number of hydrogen-bond acceptors (Lipinski definition) is 2. The summed E-state index contributed by atoms with van der Waals surface area (Å²) in [4.78, 5) is 14.2. The minimum Gasteiger partial charge on any atom is -0.479 e. The number of amides is 1. The maximum atomic E-state index is 12.4. The third-order valence-electron chi connectivity index (χ3n) is 3.31. The fraction of sp³-hybridized carbons (Fsp3) is 0.188. The lowest BCUT2D eigenvalue weighted by molar-refractivity contribution is -0.125. The van der Waals surface area contributed by atoms with Gasteiger partial charge in [0.05, 0.1) is 12.2 Å². The van der Waals surface area contributed by atoms with Gasteiger partial charge in [-0.1, -0.05) is 30.3 Å². The first-order valence-corrected chi connectivity index (χ1v) is 7.54. The topological polar surface area (TPSA) is 29.5 Å². The summed E-state index contributed by atoms with van der Waals surface area (Å²) in [5.74, 6) is 0.780. The Morgan fingerprint density at radius 3 is 2.70 bits per heavy atom. The molecule has 1 amide bonds. The van der Waals surface area contributed by atoms with Crippen molar-refractivity contribution in [2.24, 2.45) is 0 Å². The van der Waals surface area contributed by atoms with Gasteiger partial charge < -0.3 is 9.64 Å². The van der Waals surface area contributed by atoms with Gasteiger partial charge in [-0.15, -0.1) is 0 Å². The van der Waals surface area contributed by atoms with E-state index in [1.807, 2.05) is 48.5 Å². The molecule has 0 fully saturated rings. The molecule has 1 heterocycles. The van der Waals surface area contributed by atoms with Crippen LogP contribution in [-0.2, 0) is 11.3 Å². The Morgan fingerprint density at radius 1 is 1.20 bits per heavy atom. The van der Waals surface area contributed by atoms with Crippen LogP contribution in [0.5, 0.6) is 5.75 Å². The van der Waals surface area contributed by atoms with Gasteiger partial charge in [-0.3, -0.25) is 4.79 Å². The third-order valence-corrected chi connectivity index (χ3v) is 3.98. The molecule has 1 atom stereocenters. The first kappa shape index (κ1) is 13.4. The fourth-order valence-electron chi connectivity index (χ4n) is 2.31. The second-order valence-corrected chi connectivity index (χ2v) is 6.03. The number of hydrogen-bond donors (Lipinski definition) is 0. The minimum absolute atomic E-state index is 0.00237. The molecule has 1 aliphatic heterocycles. The van der Waals surface area contributed by atoms with Gasteiger partial charge in [-0.05, 0) is 53.3 Å². The molecule has 1 unspecified atom stereocenters. The summed E-state index contributed by atoms with van der Waals surface area (Å²) < 4.78 is 6.80. The van der Waals surface area contributed by atoms with E-state index >= 15 is 0 Å². The van der Waals surface area contributed by atoms with Crippen molar-refractivity contribution in [1.29, 1.82) is 0 Å². The molecule has 20 heavy (non-hydrogen) atoms. The molecule has 2 aromatic rings. The Kier molecular flexibility index (Phi) is 3.65. The molecule has 0 N–H and O–H groups in total. The van der Waals surface area contributed by atoms with Crippen molar-refractivity contribution in [3.05, 3.63) is 57.7 Å². The summed E-state index contributed by atoms with van der Waals surface area (Å²) in [6.07, 6.45) is -0.440. The number of nitrogens with zero attached hydrogens (tertiary/aromatic N) is 1. The highest BCUT2D eigenvalue weighted by Gasteiger charge is 2.31. The Labute approximate surface area is 131 Å². The van der Waals surface area contributed by atoms with Crippen molar-refractivity contribution in [2.45, 2.75) is 19.6 Å². The van der Waals surface area contributed by atoms with Crippen LogP contribution >= 0.6 is 22.6 Å². The second-order valence-electron chi connectivity index (χ2n) is 4.78. The molecule has 0 bridgehead atoms. The largest absolute Gasteiger partial charge is 0.479 e. The lowest BCUT2D eigenvalue weighted by Crippen LogP contribution is -2.44. The normalized spacial score (nSPS) is 17.6. The molecule has 0 saturated heterocycles. The van der Waals surface area contributed by atoms with E-state index in [0.29, 0.717) is 6.54 Å². The number of ether oxygens (including phenoxy) is 1. The van der Waals surface area contributed by atoms with Gasteiger partial charge in [-0.25, -0.2) is 0 Å². The van der Waals surface area contributed by atoms with E-state index in [0.717, 1.165) is 20.6 Å². The van der Waals surface area contributed by atoms with Crippen LogP contribution in [-0.4, -0.2) is 12.0 Å². The molecule has 1 aliphatic rings. The molecule has 4 heteroatoms. The molecule has 3 nitrogen and oxygen atoms in total. The van der Waals surface area contributed by atoms with E-state index in [2.05, 4.69) is 22.6 Å². The molecule has 0 radical (unpaired) electrons. The molecule has 0 aliphatic carbocycles. The van der Waals surface area contributed by atoms with Crippen LogP contribution in [0.25, 0.3) is 0 Å². The zero-order valence-corrected chi connectivity index (χ0v) is 13.2. The predicted molar refractivity (Wildman–Crippen MR) is 86.9 cm³/mol. The number of halogens is 1. The fourth-order valence-corrected chi connectivity index (χ4v) is 2.78. The summed E-state index contributed by atoms with van der Waals surface area (Å²) in [6.45, 7) is 2.37. The van der Waals surface area contributed by atoms with Gasteiger partial charge >= 0.3 is 0 Å². The number of anilines is 1. The Hall–Kier alpha value is -1.56. The van der Waals surface area contributed by atoms with Crippen molar-refractivity contribution in [1.82, 2.24) is 0 Å². The quantitative estimate of drug-likeness (QED) is 0.747. The van der Waals surface area contributed by atoms with Crippen LogP contribution in [0.3, 0.4) is 0 Å². The highest BCUT2D eigenvalue weighted by Crippen LogP contribution is 2.36. The van der Waals surface area contributed by atoms with E-state index in [-0.39, 0.29) is 5.91 Å². The molecule has 0 spiro atoms. The standard InChI is InChI=1S/C16H14INO2/c1-11-16(19)18(10-12-5-3-2-4-6-12)14-8-7-13(17)9-15(14)20-11/h2-9,11H,10H2,1H3. The summed E-state index contributed by atoms with van der Waals surface area (Å²) in [7, 11) is 0. The maximum Gasteiger partial charge on any atom is 0.268 e. The monoisotopic (exact) mass is 379 g/mol. The number of benzene rings is 2. The average molecular weight is 379 g/mol. The van der Waals surface area contributed by atoms with E-state index in [1.165, 1.54) is 0 Å². The Morgan fingerprint density at radius 2 is 1.95 bits per heavy atom. The van der Waals surface area contributed by atoms with Crippen LogP contribution in [0.1, 0.15) is 12.5 Å². The van der Waals surface area contributed by atoms with Gasteiger partial charge in [0.15, 0.2) is 6.10 Å². The summed E-state index contributed by atoms with van der Waals surface area (Å²) in [6, 6.07) is 15.9. The van der Waals surface area contributed by atoms with Gasteiger partial charge in [-0.2, -0.15) is 0 Å². The van der Waals surface area contributed by atoms with Gasteiger partial charge in [0.1, 0.15) is 5.75 Å². The Balaban J connectivity index is 1.99. The van der Waals surface area contributed by atoms with Crippen LogP contribution in [0.15, 0.2) is 48.5 Å². The number of carbonyl (C=O) groups excluding carboxylic acids is 1. The Bertz CT molecular complexity index is 642. The van der Waals surface area contributed by atoms with Crippen LogP contribution in [0.4, 0.5) is 5.69 Å². The highest BCUT2D eigenvalue weighted by molar-refractivity contribution is 14.1. The minimum atomic E-state index is -0.440. The van der Waals surface area contributed by atoms with Crippen molar-refractivity contribution >= 4 is 34.2 Å². The first-order chi connectivity index (χ1) is 9.65. The lowest BCUT2D eigenvalue weighted by Gasteiger charge is -2.33. The average Bonchev–Trinajstić information content (AvgIpc) is 2.45. The van der Waals surface area contributed by atoms with Crippen LogP contribution < -0.4 is 9.64 Å². The van der Waals surface area contributed by atoms with Crippen molar-refractivity contribution < 1.29 is 9.53 Å². The van der Waals surface area contributed by atoms with Crippen LogP contribution in [0, 0.1) is 3.57 Å². The zero-order chi connectivity index (χ0) is 14.1. The molecular weight excluding hydrogens is 365 g/mol. The first-order valence-electron chi connectivity index (χ1n) is 6.46. The van der Waals surface area contributed by atoms with Gasteiger partial charge in [0.25, 0.3) is 5.91 Å². The predicted octanol–water partition coefficient (Wildman–Crippen LogP) is 3.61. The molecule has 102 valence electrons. The van der Waals surface area contributed by atoms with Crippen LogP contribution in [0.2, 0.25) is 0 Å². The van der Waals surface area contributed by atoms with E-state index < -0.39 is 6.10 Å². The highest BCUT2D eigenvalue weighted by atomic mass is 127. The second kappa shape index (κ2) is 5.44. The van der Waals surface area contributed by atoms with Crippen molar-refractivity contribution in [2.75, 3.05) is 4.90 Å². The summed E-state index contributed by atoms with van der Waals surface area (Å²) >= 11 is 2.25. The number of carbonyl (C=O) groups is 1. The zero-order valence-electron chi connectivity index (χ0n) is 11.0. The maximum absolute atomic E-state index is 12.4. The molecule has 3 rings (SSSR count). The molecule has 2 aromatic carbocycles. The SMILES string of the molecule is CC1Oc2cc(I)ccc2N(Cc2ccccc2)C1=O. The molecule has 0 saturated carbocycles. The third kappa shape index (κ3) is 2.52.